The summed E-state index contributed by atoms with van der Waals surface area (Å²) in [7, 11) is 0. The van der Waals surface area contributed by atoms with Crippen LogP contribution in [0.5, 0.6) is 0 Å². The third-order valence-electron chi connectivity index (χ3n) is 4.07. The van der Waals surface area contributed by atoms with E-state index in [0.717, 1.165) is 16.5 Å². The normalized spacial score (nSPS) is 11.1. The molecular weight excluding hydrogens is 453 g/mol. The van der Waals surface area contributed by atoms with Gasteiger partial charge in [-0.1, -0.05) is 0 Å². The predicted octanol–water partition coefficient (Wildman–Crippen LogP) is 4.65. The molecule has 3 aromatic rings. The highest BCUT2D eigenvalue weighted by Gasteiger charge is 2.10. The molecule has 2 aromatic carbocycles. The van der Waals surface area contributed by atoms with Crippen LogP contribution in [0.25, 0.3) is 11.3 Å². The average molecular weight is 472 g/mol. The number of carboxylic acid groups (broad SMARTS) is 1. The van der Waals surface area contributed by atoms with E-state index in [2.05, 4.69) is 15.6 Å². The molecule has 0 atom stereocenters. The summed E-state index contributed by atoms with van der Waals surface area (Å²) in [6.07, 6.45) is 1.01. The van der Waals surface area contributed by atoms with Crippen molar-refractivity contribution in [2.24, 2.45) is 0 Å². The van der Waals surface area contributed by atoms with Crippen LogP contribution in [0.4, 0.5) is 15.2 Å². The van der Waals surface area contributed by atoms with Crippen molar-refractivity contribution in [2.75, 3.05) is 16.4 Å². The molecular formula is C22H18FN3O4S2. The summed E-state index contributed by atoms with van der Waals surface area (Å²) in [5, 5.41) is 16.4. The lowest BCUT2D eigenvalue weighted by Gasteiger charge is -2.05. The Hall–Kier alpha value is -3.50. The van der Waals surface area contributed by atoms with Crippen molar-refractivity contribution >= 4 is 51.7 Å². The van der Waals surface area contributed by atoms with Gasteiger partial charge < -0.3 is 15.7 Å². The Morgan fingerprint density at radius 1 is 1.09 bits per heavy atom. The Kier molecular flexibility index (Phi) is 7.74. The average Bonchev–Trinajstić information content (AvgIpc) is 3.22. The number of carbonyl (C=O) groups is 3. The van der Waals surface area contributed by atoms with Crippen LogP contribution >= 0.6 is 23.1 Å². The number of halogens is 1. The minimum absolute atomic E-state index is 0.0642. The third kappa shape index (κ3) is 6.76. The molecule has 0 spiro atoms. The largest absolute Gasteiger partial charge is 0.478 e. The minimum atomic E-state index is -1.16. The van der Waals surface area contributed by atoms with Crippen LogP contribution in [-0.4, -0.2) is 33.6 Å². The zero-order chi connectivity index (χ0) is 23.1. The number of carbonyl (C=O) groups excluding carboxylic acids is 2. The summed E-state index contributed by atoms with van der Waals surface area (Å²) in [4.78, 5) is 39.9. The first-order valence-corrected chi connectivity index (χ1v) is 11.1. The van der Waals surface area contributed by atoms with Gasteiger partial charge in [0.1, 0.15) is 5.82 Å². The molecule has 164 valence electrons. The van der Waals surface area contributed by atoms with Gasteiger partial charge in [0.05, 0.1) is 11.4 Å². The summed E-state index contributed by atoms with van der Waals surface area (Å²) >= 11 is 2.60. The van der Waals surface area contributed by atoms with E-state index < -0.39 is 11.9 Å². The zero-order valence-corrected chi connectivity index (χ0v) is 18.4. The number of aliphatic carboxylic acids is 1. The van der Waals surface area contributed by atoms with Crippen LogP contribution in [0.15, 0.2) is 70.5 Å². The molecule has 0 bridgehead atoms. The fraction of sp³-hybridized carbons (Fsp3) is 0.0909. The number of anilines is 2. The zero-order valence-electron chi connectivity index (χ0n) is 16.8. The Morgan fingerprint density at radius 2 is 1.78 bits per heavy atom. The molecule has 3 N–H and O–H groups in total. The number of hydrogen-bond donors (Lipinski definition) is 3. The van der Waals surface area contributed by atoms with Crippen molar-refractivity contribution in [3.05, 3.63) is 71.4 Å². The van der Waals surface area contributed by atoms with Gasteiger partial charge in [-0.05, 0) is 55.5 Å². The SMILES string of the molecule is C/C(=C/C(=O)Nc1ccc(SCC(=O)Nc2nc(-c3ccc(F)cc3)cs2)cc1)C(=O)O. The van der Waals surface area contributed by atoms with Gasteiger partial charge in [-0.3, -0.25) is 9.59 Å². The predicted molar refractivity (Wildman–Crippen MR) is 123 cm³/mol. The van der Waals surface area contributed by atoms with Crippen LogP contribution in [0.1, 0.15) is 6.92 Å². The maximum absolute atomic E-state index is 13.0. The second kappa shape index (κ2) is 10.7. The van der Waals surface area contributed by atoms with E-state index in [9.17, 15) is 18.8 Å². The van der Waals surface area contributed by atoms with Crippen molar-refractivity contribution < 1.29 is 23.9 Å². The summed E-state index contributed by atoms with van der Waals surface area (Å²) in [5.74, 6) is -2.07. The summed E-state index contributed by atoms with van der Waals surface area (Å²) in [6.45, 7) is 1.34. The lowest BCUT2D eigenvalue weighted by molar-refractivity contribution is -0.132. The molecule has 10 heteroatoms. The molecule has 1 aromatic heterocycles. The van der Waals surface area contributed by atoms with Crippen LogP contribution in [-0.2, 0) is 14.4 Å². The van der Waals surface area contributed by atoms with Crippen molar-refractivity contribution in [1.29, 1.82) is 0 Å². The molecule has 0 unspecified atom stereocenters. The molecule has 0 aliphatic heterocycles. The topological polar surface area (TPSA) is 108 Å². The van der Waals surface area contributed by atoms with E-state index in [4.69, 9.17) is 5.11 Å². The molecule has 1 heterocycles. The highest BCUT2D eigenvalue weighted by Crippen LogP contribution is 2.26. The highest BCUT2D eigenvalue weighted by atomic mass is 32.2. The molecule has 0 aliphatic carbocycles. The molecule has 3 rings (SSSR count). The Labute approximate surface area is 191 Å². The van der Waals surface area contributed by atoms with E-state index in [-0.39, 0.29) is 23.1 Å². The summed E-state index contributed by atoms with van der Waals surface area (Å²) in [6, 6.07) is 12.8. The third-order valence-corrected chi connectivity index (χ3v) is 5.84. The second-order valence-corrected chi connectivity index (χ2v) is 8.43. The van der Waals surface area contributed by atoms with Crippen LogP contribution in [0.2, 0.25) is 0 Å². The standard InChI is InChI=1S/C22H18FN3O4S2/c1-13(21(29)30)10-19(27)24-16-6-8-17(9-7-16)31-12-20(28)26-22-25-18(11-32-22)14-2-4-15(23)5-3-14/h2-11H,12H2,1H3,(H,24,27)(H,29,30)(H,25,26,28)/b13-10-. The van der Waals surface area contributed by atoms with Crippen molar-refractivity contribution in [3.63, 3.8) is 0 Å². The number of nitrogens with one attached hydrogen (secondary N) is 2. The van der Waals surface area contributed by atoms with Gasteiger partial charge in [0.2, 0.25) is 11.8 Å². The number of benzene rings is 2. The van der Waals surface area contributed by atoms with E-state index in [1.165, 1.54) is 42.2 Å². The molecule has 0 radical (unpaired) electrons. The number of rotatable bonds is 8. The fourth-order valence-corrected chi connectivity index (χ4v) is 3.89. The quantitative estimate of drug-likeness (QED) is 0.326. The lowest BCUT2D eigenvalue weighted by Crippen LogP contribution is -2.13. The second-order valence-electron chi connectivity index (χ2n) is 6.53. The Balaban J connectivity index is 1.49. The Bertz CT molecular complexity index is 1160. The fourth-order valence-electron chi connectivity index (χ4n) is 2.46. The van der Waals surface area contributed by atoms with Gasteiger partial charge >= 0.3 is 5.97 Å². The maximum atomic E-state index is 13.0. The highest BCUT2D eigenvalue weighted by molar-refractivity contribution is 8.00. The van der Waals surface area contributed by atoms with Crippen molar-refractivity contribution in [3.8, 4) is 11.3 Å². The van der Waals surface area contributed by atoms with Crippen LogP contribution in [0, 0.1) is 5.82 Å². The first-order valence-electron chi connectivity index (χ1n) is 9.27. The van der Waals surface area contributed by atoms with E-state index >= 15 is 0 Å². The molecule has 0 fully saturated rings. The monoisotopic (exact) mass is 471 g/mol. The summed E-state index contributed by atoms with van der Waals surface area (Å²) < 4.78 is 13.0. The molecule has 2 amide bonds. The lowest BCUT2D eigenvalue weighted by atomic mass is 10.2. The molecule has 0 aliphatic rings. The number of carboxylic acids is 1. The number of thiazole rings is 1. The number of thioether (sulfide) groups is 1. The number of hydrogen-bond acceptors (Lipinski definition) is 6. The van der Waals surface area contributed by atoms with Gasteiger partial charge in [-0.2, -0.15) is 0 Å². The van der Waals surface area contributed by atoms with Crippen molar-refractivity contribution in [2.45, 2.75) is 11.8 Å². The Morgan fingerprint density at radius 3 is 2.44 bits per heavy atom. The minimum Gasteiger partial charge on any atom is -0.478 e. The van der Waals surface area contributed by atoms with Gasteiger partial charge in [0.15, 0.2) is 5.13 Å². The maximum Gasteiger partial charge on any atom is 0.331 e. The van der Waals surface area contributed by atoms with Gasteiger partial charge in [0.25, 0.3) is 0 Å². The van der Waals surface area contributed by atoms with E-state index in [0.29, 0.717) is 16.5 Å². The molecule has 0 saturated heterocycles. The first kappa shape index (κ1) is 23.2. The van der Waals surface area contributed by atoms with Crippen LogP contribution < -0.4 is 10.6 Å². The molecule has 7 nitrogen and oxygen atoms in total. The molecule has 0 saturated carbocycles. The first-order chi connectivity index (χ1) is 15.3. The van der Waals surface area contributed by atoms with Gasteiger partial charge in [-0.15, -0.1) is 23.1 Å². The van der Waals surface area contributed by atoms with Gasteiger partial charge in [0, 0.05) is 33.2 Å². The molecule has 32 heavy (non-hydrogen) atoms. The number of aromatic nitrogens is 1. The van der Waals surface area contributed by atoms with Crippen LogP contribution in [0.3, 0.4) is 0 Å². The number of nitrogens with zero attached hydrogens (tertiary/aromatic N) is 1. The van der Waals surface area contributed by atoms with E-state index in [1.807, 2.05) is 0 Å². The van der Waals surface area contributed by atoms with E-state index in [1.54, 1.807) is 41.8 Å². The smallest absolute Gasteiger partial charge is 0.331 e. The summed E-state index contributed by atoms with van der Waals surface area (Å²) in [5.41, 5.74) is 1.86. The number of amides is 2. The van der Waals surface area contributed by atoms with Crippen molar-refractivity contribution in [1.82, 2.24) is 4.98 Å². The van der Waals surface area contributed by atoms with Gasteiger partial charge in [-0.25, -0.2) is 14.2 Å².